The lowest BCUT2D eigenvalue weighted by molar-refractivity contribution is 0.0670. The van der Waals surface area contributed by atoms with Crippen LogP contribution in [0.5, 0.6) is 5.75 Å². The van der Waals surface area contributed by atoms with E-state index in [0.717, 1.165) is 42.0 Å². The van der Waals surface area contributed by atoms with E-state index in [2.05, 4.69) is 10.2 Å². The van der Waals surface area contributed by atoms with Crippen molar-refractivity contribution in [2.24, 2.45) is 0 Å². The Bertz CT molecular complexity index is 1060. The van der Waals surface area contributed by atoms with E-state index in [1.54, 1.807) is 23.2 Å². The van der Waals surface area contributed by atoms with E-state index in [4.69, 9.17) is 4.42 Å². The average molecular weight is 383 g/mol. The first kappa shape index (κ1) is 18.0. The molecule has 4 rings (SSSR count). The third-order valence-electron chi connectivity index (χ3n) is 4.96. The number of nitrogens with one attached hydrogen (secondary N) is 1. The molecule has 0 spiro atoms. The van der Waals surface area contributed by atoms with Crippen molar-refractivity contribution in [2.75, 3.05) is 13.1 Å². The molecule has 1 saturated heterocycles. The summed E-state index contributed by atoms with van der Waals surface area (Å²) in [6.45, 7) is 0.972. The van der Waals surface area contributed by atoms with Crippen LogP contribution >= 0.6 is 0 Å². The van der Waals surface area contributed by atoms with Gasteiger partial charge in [0.1, 0.15) is 12.1 Å². The first-order valence-electron chi connectivity index (χ1n) is 8.93. The molecule has 2 N–H and O–H groups in total. The SMILES string of the molecule is O=C(c1cc(=O)c(O)co1)N1CCC[C@@H](c2[nH]ncc2-c2ccc(F)cc2)C1. The minimum absolute atomic E-state index is 0.0177. The van der Waals surface area contributed by atoms with Crippen molar-refractivity contribution in [1.29, 1.82) is 0 Å². The van der Waals surface area contributed by atoms with Gasteiger partial charge in [0.15, 0.2) is 11.5 Å². The summed E-state index contributed by atoms with van der Waals surface area (Å²) >= 11 is 0. The zero-order valence-corrected chi connectivity index (χ0v) is 14.9. The molecular weight excluding hydrogens is 365 g/mol. The van der Waals surface area contributed by atoms with Crippen molar-refractivity contribution < 1.29 is 18.7 Å². The average Bonchev–Trinajstić information content (AvgIpc) is 3.20. The van der Waals surface area contributed by atoms with E-state index in [1.165, 1.54) is 12.1 Å². The molecule has 0 saturated carbocycles. The predicted octanol–water partition coefficient (Wildman–Crippen LogP) is 2.89. The molecule has 0 bridgehead atoms. The van der Waals surface area contributed by atoms with Crippen molar-refractivity contribution in [3.05, 3.63) is 70.3 Å². The third kappa shape index (κ3) is 3.40. The second kappa shape index (κ2) is 7.30. The lowest BCUT2D eigenvalue weighted by Gasteiger charge is -2.32. The van der Waals surface area contributed by atoms with Gasteiger partial charge in [0.05, 0.1) is 6.20 Å². The van der Waals surface area contributed by atoms with Crippen LogP contribution in [0, 0.1) is 5.82 Å². The summed E-state index contributed by atoms with van der Waals surface area (Å²) in [4.78, 5) is 25.9. The van der Waals surface area contributed by atoms with Gasteiger partial charge in [0, 0.05) is 36.3 Å². The van der Waals surface area contributed by atoms with Gasteiger partial charge in [-0.2, -0.15) is 5.10 Å². The Morgan fingerprint density at radius 3 is 2.86 bits per heavy atom. The minimum Gasteiger partial charge on any atom is -0.502 e. The van der Waals surface area contributed by atoms with Gasteiger partial charge >= 0.3 is 0 Å². The highest BCUT2D eigenvalue weighted by molar-refractivity contribution is 5.91. The number of hydrogen-bond donors (Lipinski definition) is 2. The summed E-state index contributed by atoms with van der Waals surface area (Å²) in [5, 5.41) is 16.4. The van der Waals surface area contributed by atoms with Gasteiger partial charge < -0.3 is 14.4 Å². The van der Waals surface area contributed by atoms with Crippen molar-refractivity contribution in [1.82, 2.24) is 15.1 Å². The molecular formula is C20H18FN3O4. The molecule has 0 aliphatic carbocycles. The van der Waals surface area contributed by atoms with Crippen molar-refractivity contribution in [2.45, 2.75) is 18.8 Å². The van der Waals surface area contributed by atoms with E-state index in [-0.39, 0.29) is 17.5 Å². The smallest absolute Gasteiger partial charge is 0.289 e. The number of rotatable bonds is 3. The topological polar surface area (TPSA) is 99.4 Å². The molecule has 3 heterocycles. The number of aromatic hydroxyl groups is 1. The highest BCUT2D eigenvalue weighted by Crippen LogP contribution is 2.33. The molecule has 0 radical (unpaired) electrons. The minimum atomic E-state index is -0.657. The van der Waals surface area contributed by atoms with E-state index < -0.39 is 17.1 Å². The summed E-state index contributed by atoms with van der Waals surface area (Å²) in [5.41, 5.74) is 1.94. The summed E-state index contributed by atoms with van der Waals surface area (Å²) in [6, 6.07) is 7.19. The molecule has 1 atom stereocenters. The molecule has 2 aromatic heterocycles. The molecule has 0 unspecified atom stereocenters. The maximum Gasteiger partial charge on any atom is 0.289 e. The Hall–Kier alpha value is -3.42. The second-order valence-electron chi connectivity index (χ2n) is 6.79. The van der Waals surface area contributed by atoms with Gasteiger partial charge in [0.2, 0.25) is 5.43 Å². The van der Waals surface area contributed by atoms with Crippen LogP contribution in [0.4, 0.5) is 4.39 Å². The number of carbonyl (C=O) groups excluding carboxylic acids is 1. The molecule has 7 nitrogen and oxygen atoms in total. The van der Waals surface area contributed by atoms with Crippen LogP contribution < -0.4 is 5.43 Å². The van der Waals surface area contributed by atoms with Crippen LogP contribution in [0.25, 0.3) is 11.1 Å². The van der Waals surface area contributed by atoms with Crippen molar-refractivity contribution in [3.8, 4) is 16.9 Å². The van der Waals surface area contributed by atoms with Crippen LogP contribution in [0.2, 0.25) is 0 Å². The molecule has 1 aliphatic heterocycles. The predicted molar refractivity (Wildman–Crippen MR) is 98.5 cm³/mol. The number of H-pyrrole nitrogens is 1. The summed E-state index contributed by atoms with van der Waals surface area (Å²) in [5.74, 6) is -1.33. The maximum absolute atomic E-state index is 13.2. The number of carbonyl (C=O) groups is 1. The lowest BCUT2D eigenvalue weighted by atomic mass is 9.90. The Morgan fingerprint density at radius 1 is 1.32 bits per heavy atom. The fourth-order valence-corrected chi connectivity index (χ4v) is 3.54. The number of amides is 1. The van der Waals surface area contributed by atoms with E-state index in [9.17, 15) is 19.1 Å². The van der Waals surface area contributed by atoms with Crippen LogP contribution in [0.3, 0.4) is 0 Å². The molecule has 1 amide bonds. The molecule has 28 heavy (non-hydrogen) atoms. The van der Waals surface area contributed by atoms with Gasteiger partial charge in [-0.15, -0.1) is 0 Å². The molecule has 144 valence electrons. The van der Waals surface area contributed by atoms with Crippen molar-refractivity contribution in [3.63, 3.8) is 0 Å². The third-order valence-corrected chi connectivity index (χ3v) is 4.96. The molecule has 1 aromatic carbocycles. The van der Waals surface area contributed by atoms with Crippen molar-refractivity contribution >= 4 is 5.91 Å². The highest BCUT2D eigenvalue weighted by atomic mass is 19.1. The number of likely N-dealkylation sites (tertiary alicyclic amines) is 1. The maximum atomic E-state index is 13.2. The van der Waals surface area contributed by atoms with Gasteiger partial charge in [-0.05, 0) is 30.5 Å². The Balaban J connectivity index is 1.57. The quantitative estimate of drug-likeness (QED) is 0.725. The standard InChI is InChI=1S/C20H18FN3O4/c21-14-5-3-12(4-6-14)15-9-22-23-19(15)13-2-1-7-24(10-13)20(27)18-8-16(25)17(26)11-28-18/h3-6,8-9,11,13,26H,1-2,7,10H2,(H,22,23)/t13-/m1/s1. The Labute approximate surface area is 159 Å². The highest BCUT2D eigenvalue weighted by Gasteiger charge is 2.29. The van der Waals surface area contributed by atoms with Crippen LogP contribution in [-0.2, 0) is 0 Å². The molecule has 8 heteroatoms. The van der Waals surface area contributed by atoms with Gasteiger partial charge in [-0.25, -0.2) is 4.39 Å². The first-order chi connectivity index (χ1) is 13.5. The Kier molecular flexibility index (Phi) is 4.68. The van der Waals surface area contributed by atoms with Gasteiger partial charge in [-0.1, -0.05) is 12.1 Å². The van der Waals surface area contributed by atoms with Crippen LogP contribution in [0.15, 0.2) is 52.0 Å². The van der Waals surface area contributed by atoms with Crippen LogP contribution in [-0.4, -0.2) is 39.2 Å². The zero-order valence-electron chi connectivity index (χ0n) is 14.9. The summed E-state index contributed by atoms with van der Waals surface area (Å²) < 4.78 is 18.3. The summed E-state index contributed by atoms with van der Waals surface area (Å²) in [6.07, 6.45) is 4.21. The normalized spacial score (nSPS) is 16.9. The van der Waals surface area contributed by atoms with E-state index in [1.807, 2.05) is 0 Å². The molecule has 3 aromatic rings. The zero-order chi connectivity index (χ0) is 19.7. The number of benzene rings is 1. The van der Waals surface area contributed by atoms with Crippen LogP contribution in [0.1, 0.15) is 35.0 Å². The first-order valence-corrected chi connectivity index (χ1v) is 8.93. The van der Waals surface area contributed by atoms with Gasteiger partial charge in [0.25, 0.3) is 5.91 Å². The van der Waals surface area contributed by atoms with Gasteiger partial charge in [-0.3, -0.25) is 14.7 Å². The largest absolute Gasteiger partial charge is 0.502 e. The lowest BCUT2D eigenvalue weighted by Crippen LogP contribution is -2.39. The molecule has 1 aliphatic rings. The number of hydrogen-bond acceptors (Lipinski definition) is 5. The van der Waals surface area contributed by atoms with E-state index in [0.29, 0.717) is 13.1 Å². The van der Waals surface area contributed by atoms with E-state index >= 15 is 0 Å². The molecule has 1 fully saturated rings. The monoisotopic (exact) mass is 383 g/mol. The Morgan fingerprint density at radius 2 is 2.11 bits per heavy atom. The summed E-state index contributed by atoms with van der Waals surface area (Å²) in [7, 11) is 0. The fraction of sp³-hybridized carbons (Fsp3) is 0.250. The number of nitrogens with zero attached hydrogens (tertiary/aromatic N) is 2. The second-order valence-corrected chi connectivity index (χ2v) is 6.79. The number of aromatic nitrogens is 2. The number of halogens is 1. The fourth-order valence-electron chi connectivity index (χ4n) is 3.54. The number of piperidine rings is 1. The number of aromatic amines is 1.